The molecule has 1 saturated carbocycles. The normalized spacial score (nSPS) is 21.5. The molecule has 4 nitrogen and oxygen atoms in total. The minimum absolute atomic E-state index is 0.00822. The molecule has 4 heteroatoms. The number of hydrogen-bond acceptors (Lipinski definition) is 3. The van der Waals surface area contributed by atoms with Crippen molar-refractivity contribution in [1.82, 2.24) is 4.90 Å². The Morgan fingerprint density at radius 3 is 2.89 bits per heavy atom. The van der Waals surface area contributed by atoms with E-state index in [1.165, 1.54) is 0 Å². The fourth-order valence-electron chi connectivity index (χ4n) is 2.33. The van der Waals surface area contributed by atoms with E-state index in [-0.39, 0.29) is 24.3 Å². The molecule has 1 aliphatic carbocycles. The van der Waals surface area contributed by atoms with Crippen LogP contribution in [-0.4, -0.2) is 43.2 Å². The van der Waals surface area contributed by atoms with Gasteiger partial charge in [0.05, 0.1) is 13.7 Å². The molecule has 0 saturated heterocycles. The molecule has 0 heterocycles. The Morgan fingerprint density at radius 2 is 2.22 bits per heavy atom. The van der Waals surface area contributed by atoms with Crippen LogP contribution in [0.4, 0.5) is 0 Å². The Hall–Kier alpha value is -1.55. The van der Waals surface area contributed by atoms with Crippen LogP contribution >= 0.6 is 0 Å². The SMILES string of the molecule is COc1ccccc1C1CC1C(=O)N(C)CCO. The lowest BCUT2D eigenvalue weighted by Crippen LogP contribution is -2.31. The van der Waals surface area contributed by atoms with Crippen LogP contribution in [-0.2, 0) is 4.79 Å². The molecule has 0 spiro atoms. The zero-order valence-corrected chi connectivity index (χ0v) is 10.8. The van der Waals surface area contributed by atoms with Gasteiger partial charge in [-0.3, -0.25) is 4.79 Å². The van der Waals surface area contributed by atoms with Gasteiger partial charge in [-0.25, -0.2) is 0 Å². The molecule has 2 atom stereocenters. The van der Waals surface area contributed by atoms with Crippen molar-refractivity contribution in [3.05, 3.63) is 29.8 Å². The highest BCUT2D eigenvalue weighted by atomic mass is 16.5. The number of rotatable bonds is 5. The fourth-order valence-corrected chi connectivity index (χ4v) is 2.33. The number of ether oxygens (including phenoxy) is 1. The molecule has 1 amide bonds. The zero-order chi connectivity index (χ0) is 13.1. The lowest BCUT2D eigenvalue weighted by atomic mass is 10.1. The number of nitrogens with zero attached hydrogens (tertiary/aromatic N) is 1. The van der Waals surface area contributed by atoms with E-state index in [1.54, 1.807) is 19.1 Å². The first-order valence-electron chi connectivity index (χ1n) is 6.17. The lowest BCUT2D eigenvalue weighted by Gasteiger charge is -2.15. The number of aliphatic hydroxyl groups excluding tert-OH is 1. The first kappa shape index (κ1) is 12.9. The van der Waals surface area contributed by atoms with Crippen LogP contribution in [0.3, 0.4) is 0 Å². The van der Waals surface area contributed by atoms with Crippen LogP contribution in [0.2, 0.25) is 0 Å². The van der Waals surface area contributed by atoms with E-state index in [1.807, 2.05) is 24.3 Å². The number of carbonyl (C=O) groups is 1. The maximum absolute atomic E-state index is 12.1. The third-order valence-electron chi connectivity index (χ3n) is 3.46. The monoisotopic (exact) mass is 249 g/mol. The van der Waals surface area contributed by atoms with Gasteiger partial charge in [0.1, 0.15) is 5.75 Å². The van der Waals surface area contributed by atoms with Gasteiger partial charge < -0.3 is 14.7 Å². The minimum atomic E-state index is 0.00822. The first-order valence-corrected chi connectivity index (χ1v) is 6.17. The van der Waals surface area contributed by atoms with Gasteiger partial charge >= 0.3 is 0 Å². The Balaban J connectivity index is 2.04. The van der Waals surface area contributed by atoms with Gasteiger partial charge in [-0.1, -0.05) is 18.2 Å². The number of likely N-dealkylation sites (N-methyl/N-ethyl adjacent to an activating group) is 1. The Morgan fingerprint density at radius 1 is 1.50 bits per heavy atom. The molecule has 1 aromatic rings. The summed E-state index contributed by atoms with van der Waals surface area (Å²) in [6.07, 6.45) is 0.870. The number of methoxy groups -OCH3 is 1. The largest absolute Gasteiger partial charge is 0.496 e. The van der Waals surface area contributed by atoms with Crippen LogP contribution < -0.4 is 4.74 Å². The average molecular weight is 249 g/mol. The summed E-state index contributed by atoms with van der Waals surface area (Å²) in [5.74, 6) is 1.26. The third kappa shape index (κ3) is 2.48. The second-order valence-electron chi connectivity index (χ2n) is 4.67. The van der Waals surface area contributed by atoms with E-state index in [4.69, 9.17) is 9.84 Å². The van der Waals surface area contributed by atoms with Gasteiger partial charge in [-0.2, -0.15) is 0 Å². The lowest BCUT2D eigenvalue weighted by molar-refractivity contribution is -0.131. The molecule has 0 radical (unpaired) electrons. The molecule has 1 fully saturated rings. The van der Waals surface area contributed by atoms with Crippen molar-refractivity contribution in [3.63, 3.8) is 0 Å². The van der Waals surface area contributed by atoms with E-state index in [0.717, 1.165) is 17.7 Å². The highest BCUT2D eigenvalue weighted by Gasteiger charge is 2.46. The van der Waals surface area contributed by atoms with E-state index < -0.39 is 0 Å². The summed E-state index contributed by atoms with van der Waals surface area (Å²) in [5, 5.41) is 8.84. The summed E-state index contributed by atoms with van der Waals surface area (Å²) in [6, 6.07) is 7.84. The maximum Gasteiger partial charge on any atom is 0.226 e. The molecule has 2 unspecified atom stereocenters. The van der Waals surface area contributed by atoms with Crippen LogP contribution in [0.5, 0.6) is 5.75 Å². The molecule has 18 heavy (non-hydrogen) atoms. The van der Waals surface area contributed by atoms with Crippen LogP contribution in [0.1, 0.15) is 17.9 Å². The van der Waals surface area contributed by atoms with Crippen LogP contribution in [0.15, 0.2) is 24.3 Å². The molecule has 1 N–H and O–H groups in total. The van der Waals surface area contributed by atoms with Gasteiger partial charge in [-0.05, 0) is 24.0 Å². The van der Waals surface area contributed by atoms with Crippen molar-refractivity contribution >= 4 is 5.91 Å². The molecule has 1 aromatic carbocycles. The van der Waals surface area contributed by atoms with Crippen molar-refractivity contribution in [2.24, 2.45) is 5.92 Å². The Bertz CT molecular complexity index is 433. The number of hydrogen-bond donors (Lipinski definition) is 1. The summed E-state index contributed by atoms with van der Waals surface area (Å²) >= 11 is 0. The van der Waals surface area contributed by atoms with Crippen molar-refractivity contribution in [1.29, 1.82) is 0 Å². The number of carbonyl (C=O) groups excluding carboxylic acids is 1. The van der Waals surface area contributed by atoms with Gasteiger partial charge in [0.25, 0.3) is 0 Å². The van der Waals surface area contributed by atoms with Crippen LogP contribution in [0.25, 0.3) is 0 Å². The quantitative estimate of drug-likeness (QED) is 0.854. The third-order valence-corrected chi connectivity index (χ3v) is 3.46. The number of aliphatic hydroxyl groups is 1. The standard InChI is InChI=1S/C14H19NO3/c1-15(7-8-16)14(17)12-9-11(12)10-5-3-4-6-13(10)18-2/h3-6,11-12,16H,7-9H2,1-2H3. The van der Waals surface area contributed by atoms with Gasteiger partial charge in [0, 0.05) is 19.5 Å². The molecule has 2 rings (SSSR count). The summed E-state index contributed by atoms with van der Waals surface area (Å²) in [5.41, 5.74) is 1.11. The topological polar surface area (TPSA) is 49.8 Å². The Labute approximate surface area is 107 Å². The second kappa shape index (κ2) is 5.40. The minimum Gasteiger partial charge on any atom is -0.496 e. The number of benzene rings is 1. The predicted octanol–water partition coefficient (Wildman–Crippen LogP) is 1.25. The average Bonchev–Trinajstić information content (AvgIpc) is 3.18. The smallest absolute Gasteiger partial charge is 0.226 e. The Kier molecular flexibility index (Phi) is 3.87. The van der Waals surface area contributed by atoms with E-state index in [9.17, 15) is 4.79 Å². The van der Waals surface area contributed by atoms with Crippen LogP contribution in [0, 0.1) is 5.92 Å². The van der Waals surface area contributed by atoms with E-state index >= 15 is 0 Å². The molecular weight excluding hydrogens is 230 g/mol. The van der Waals surface area contributed by atoms with Crippen molar-refractivity contribution < 1.29 is 14.6 Å². The summed E-state index contributed by atoms with van der Waals surface area (Å²) < 4.78 is 5.32. The molecular formula is C14H19NO3. The fraction of sp³-hybridized carbons (Fsp3) is 0.500. The van der Waals surface area contributed by atoms with Crippen molar-refractivity contribution in [3.8, 4) is 5.75 Å². The highest BCUT2D eigenvalue weighted by molar-refractivity contribution is 5.83. The second-order valence-corrected chi connectivity index (χ2v) is 4.67. The van der Waals surface area contributed by atoms with E-state index in [2.05, 4.69) is 0 Å². The number of amides is 1. The zero-order valence-electron chi connectivity index (χ0n) is 10.8. The summed E-state index contributed by atoms with van der Waals surface area (Å²) in [4.78, 5) is 13.6. The highest BCUT2D eigenvalue weighted by Crippen LogP contribution is 2.50. The van der Waals surface area contributed by atoms with Crippen molar-refractivity contribution in [2.45, 2.75) is 12.3 Å². The van der Waals surface area contributed by atoms with Crippen molar-refractivity contribution in [2.75, 3.05) is 27.3 Å². The molecule has 98 valence electrons. The first-order chi connectivity index (χ1) is 8.69. The van der Waals surface area contributed by atoms with Gasteiger partial charge in [0.15, 0.2) is 0 Å². The summed E-state index contributed by atoms with van der Waals surface area (Å²) in [6.45, 7) is 0.405. The molecule has 0 aromatic heterocycles. The number of para-hydroxylation sites is 1. The molecule has 1 aliphatic rings. The van der Waals surface area contributed by atoms with E-state index in [0.29, 0.717) is 6.54 Å². The van der Waals surface area contributed by atoms with Gasteiger partial charge in [-0.15, -0.1) is 0 Å². The summed E-state index contributed by atoms with van der Waals surface area (Å²) in [7, 11) is 3.38. The maximum atomic E-state index is 12.1. The molecule has 0 aliphatic heterocycles. The molecule has 0 bridgehead atoms. The predicted molar refractivity (Wildman–Crippen MR) is 68.6 cm³/mol. The van der Waals surface area contributed by atoms with Gasteiger partial charge in [0.2, 0.25) is 5.91 Å².